The van der Waals surface area contributed by atoms with Gasteiger partial charge in [-0.3, -0.25) is 9.59 Å². The number of Topliss-reactive ketones (excluding diaryl/α,β-unsaturated/α-hetero) is 1. The predicted molar refractivity (Wildman–Crippen MR) is 117 cm³/mol. The molecule has 0 radical (unpaired) electrons. The highest BCUT2D eigenvalue weighted by Crippen LogP contribution is 2.38. The van der Waals surface area contributed by atoms with Crippen molar-refractivity contribution in [3.8, 4) is 0 Å². The molecule has 1 aromatic heterocycles. The molecule has 1 aliphatic carbocycles. The van der Waals surface area contributed by atoms with Gasteiger partial charge < -0.3 is 24.8 Å². The Labute approximate surface area is 197 Å². The summed E-state index contributed by atoms with van der Waals surface area (Å²) in [5.74, 6) is -4.20. The minimum atomic E-state index is -3.16. The number of alkyl halides is 2. The zero-order valence-corrected chi connectivity index (χ0v) is 19.6. The van der Waals surface area contributed by atoms with Gasteiger partial charge in [0, 0.05) is 38.5 Å². The van der Waals surface area contributed by atoms with Crippen molar-refractivity contribution in [3.05, 3.63) is 11.7 Å². The van der Waals surface area contributed by atoms with Crippen LogP contribution in [0.4, 0.5) is 13.6 Å². The fourth-order valence-electron chi connectivity index (χ4n) is 3.78. The summed E-state index contributed by atoms with van der Waals surface area (Å²) in [6.45, 7) is 4.80. The average Bonchev–Trinajstić information content (AvgIpc) is 3.58. The van der Waals surface area contributed by atoms with Gasteiger partial charge in [0.05, 0.1) is 12.6 Å². The first kappa shape index (κ1) is 26.0. The molecule has 34 heavy (non-hydrogen) atoms. The number of urea groups is 1. The lowest BCUT2D eigenvalue weighted by molar-refractivity contribution is -0.126. The number of hydrogen-bond acceptors (Lipinski definition) is 7. The van der Waals surface area contributed by atoms with Crippen molar-refractivity contribution < 1.29 is 32.4 Å². The largest absolute Gasteiger partial charge is 0.380 e. The second kappa shape index (κ2) is 11.7. The third-order valence-electron chi connectivity index (χ3n) is 5.87. The minimum absolute atomic E-state index is 0.157. The number of ether oxygens (including phenoxy) is 1. The average molecular weight is 486 g/mol. The number of ketones is 1. The maximum Gasteiger partial charge on any atom is 0.318 e. The molecule has 190 valence electrons. The predicted octanol–water partition coefficient (Wildman–Crippen LogP) is 2.65. The summed E-state index contributed by atoms with van der Waals surface area (Å²) in [4.78, 5) is 44.1. The van der Waals surface area contributed by atoms with Crippen LogP contribution in [-0.2, 0) is 9.53 Å². The topological polar surface area (TPSA) is 127 Å². The zero-order valence-electron chi connectivity index (χ0n) is 19.6. The van der Waals surface area contributed by atoms with Gasteiger partial charge >= 0.3 is 6.03 Å². The number of aromatic nitrogens is 2. The van der Waals surface area contributed by atoms with Crippen LogP contribution in [0, 0.1) is 0 Å². The van der Waals surface area contributed by atoms with Crippen molar-refractivity contribution in [2.75, 3.05) is 26.3 Å². The van der Waals surface area contributed by atoms with Crippen molar-refractivity contribution in [1.82, 2.24) is 25.7 Å². The summed E-state index contributed by atoms with van der Waals surface area (Å²) in [7, 11) is 0. The van der Waals surface area contributed by atoms with Gasteiger partial charge in [0.1, 0.15) is 6.04 Å². The Hall–Kier alpha value is -2.63. The summed E-state index contributed by atoms with van der Waals surface area (Å²) in [5, 5.41) is 8.65. The van der Waals surface area contributed by atoms with E-state index in [0.717, 1.165) is 12.8 Å². The van der Waals surface area contributed by atoms with E-state index in [1.807, 2.05) is 0 Å². The van der Waals surface area contributed by atoms with Crippen LogP contribution in [0.2, 0.25) is 0 Å². The van der Waals surface area contributed by atoms with Crippen LogP contribution in [0.25, 0.3) is 0 Å². The molecule has 3 amide bonds. The van der Waals surface area contributed by atoms with Gasteiger partial charge in [-0.15, -0.1) is 0 Å². The third-order valence-corrected chi connectivity index (χ3v) is 5.87. The van der Waals surface area contributed by atoms with Gasteiger partial charge in [-0.05, 0) is 25.7 Å². The van der Waals surface area contributed by atoms with Gasteiger partial charge in [-0.1, -0.05) is 25.4 Å². The van der Waals surface area contributed by atoms with E-state index >= 15 is 0 Å². The van der Waals surface area contributed by atoms with E-state index < -0.39 is 48.6 Å². The first-order valence-electron chi connectivity index (χ1n) is 11.9. The van der Waals surface area contributed by atoms with Gasteiger partial charge in [0.2, 0.25) is 23.4 Å². The Morgan fingerprint density at radius 3 is 2.59 bits per heavy atom. The number of carbonyl (C=O) groups excluding carboxylic acids is 3. The molecule has 1 aliphatic heterocycles. The molecule has 0 spiro atoms. The van der Waals surface area contributed by atoms with Crippen LogP contribution < -0.4 is 10.6 Å². The SMILES string of the molecule is CCCC(F)(F)CC(NC(=O)N1CCCOCC1)C(=O)NC(CC)C(=O)c1noc(C2CC2)n1. The fraction of sp³-hybridized carbons (Fsp3) is 0.773. The monoisotopic (exact) mass is 485 g/mol. The first-order chi connectivity index (χ1) is 16.2. The van der Waals surface area contributed by atoms with Gasteiger partial charge in [0.15, 0.2) is 0 Å². The highest BCUT2D eigenvalue weighted by Gasteiger charge is 2.38. The van der Waals surface area contributed by atoms with Crippen LogP contribution in [0.3, 0.4) is 0 Å². The smallest absolute Gasteiger partial charge is 0.318 e. The van der Waals surface area contributed by atoms with E-state index in [2.05, 4.69) is 20.8 Å². The molecule has 0 bridgehead atoms. The Bertz CT molecular complexity index is 852. The normalized spacial score (nSPS) is 18.6. The number of rotatable bonds is 11. The molecule has 2 atom stereocenters. The van der Waals surface area contributed by atoms with Crippen molar-refractivity contribution in [3.63, 3.8) is 0 Å². The Morgan fingerprint density at radius 2 is 1.91 bits per heavy atom. The molecule has 12 heteroatoms. The highest BCUT2D eigenvalue weighted by molar-refractivity contribution is 6.00. The van der Waals surface area contributed by atoms with Crippen LogP contribution in [0.1, 0.15) is 81.2 Å². The van der Waals surface area contributed by atoms with Crippen molar-refractivity contribution >= 4 is 17.7 Å². The molecule has 2 aliphatic rings. The lowest BCUT2D eigenvalue weighted by atomic mass is 10.0. The minimum Gasteiger partial charge on any atom is -0.380 e. The van der Waals surface area contributed by atoms with E-state index in [0.29, 0.717) is 38.6 Å². The molecule has 2 unspecified atom stereocenters. The number of halogens is 2. The maximum absolute atomic E-state index is 14.5. The van der Waals surface area contributed by atoms with Crippen molar-refractivity contribution in [2.45, 2.75) is 82.7 Å². The molecule has 2 fully saturated rings. The van der Waals surface area contributed by atoms with E-state index in [1.165, 1.54) is 4.90 Å². The Morgan fingerprint density at radius 1 is 1.15 bits per heavy atom. The Balaban J connectivity index is 1.69. The number of carbonyl (C=O) groups is 3. The standard InChI is InChI=1S/C22H33F2N5O5/c1-3-8-22(23,24)13-16(26-21(32)29-9-5-11-33-12-10-29)19(31)25-15(4-2)17(30)18-27-20(34-28-18)14-6-7-14/h14-16H,3-13H2,1-2H3,(H,25,31)(H,26,32). The summed E-state index contributed by atoms with van der Waals surface area (Å²) in [5.41, 5.74) is 0. The van der Waals surface area contributed by atoms with Crippen LogP contribution in [0.15, 0.2) is 4.52 Å². The van der Waals surface area contributed by atoms with E-state index in [4.69, 9.17) is 9.26 Å². The summed E-state index contributed by atoms with van der Waals surface area (Å²) in [6, 6.07) is -3.18. The summed E-state index contributed by atoms with van der Waals surface area (Å²) < 4.78 is 39.3. The zero-order chi connectivity index (χ0) is 24.7. The quantitative estimate of drug-likeness (QED) is 0.462. The maximum atomic E-state index is 14.5. The molecule has 2 N–H and O–H groups in total. The van der Waals surface area contributed by atoms with Gasteiger partial charge in [-0.2, -0.15) is 4.98 Å². The number of hydrogen-bond donors (Lipinski definition) is 2. The first-order valence-corrected chi connectivity index (χ1v) is 11.9. The van der Waals surface area contributed by atoms with E-state index in [9.17, 15) is 23.2 Å². The molecule has 2 heterocycles. The molecular formula is C22H33F2N5O5. The second-order valence-electron chi connectivity index (χ2n) is 8.83. The van der Waals surface area contributed by atoms with Crippen molar-refractivity contribution in [1.29, 1.82) is 0 Å². The Kier molecular flexibility index (Phi) is 8.92. The lowest BCUT2D eigenvalue weighted by Crippen LogP contribution is -2.55. The lowest BCUT2D eigenvalue weighted by Gasteiger charge is -2.28. The van der Waals surface area contributed by atoms with Gasteiger partial charge in [-0.25, -0.2) is 13.6 Å². The van der Waals surface area contributed by atoms with E-state index in [1.54, 1.807) is 13.8 Å². The molecule has 3 rings (SSSR count). The number of nitrogens with one attached hydrogen (secondary N) is 2. The third kappa shape index (κ3) is 7.18. The number of nitrogens with zero attached hydrogens (tertiary/aromatic N) is 3. The highest BCUT2D eigenvalue weighted by atomic mass is 19.3. The molecule has 1 aromatic rings. The fourth-order valence-corrected chi connectivity index (χ4v) is 3.78. The summed E-state index contributed by atoms with van der Waals surface area (Å²) in [6.07, 6.45) is 1.55. The molecule has 1 saturated carbocycles. The molecular weight excluding hydrogens is 452 g/mol. The van der Waals surface area contributed by atoms with E-state index in [-0.39, 0.29) is 24.6 Å². The molecule has 1 saturated heterocycles. The molecule has 10 nitrogen and oxygen atoms in total. The van der Waals surface area contributed by atoms with Gasteiger partial charge in [0.25, 0.3) is 5.92 Å². The van der Waals surface area contributed by atoms with Crippen LogP contribution in [-0.4, -0.2) is 77.1 Å². The molecule has 0 aromatic carbocycles. The van der Waals surface area contributed by atoms with Crippen molar-refractivity contribution in [2.24, 2.45) is 0 Å². The van der Waals surface area contributed by atoms with Crippen LogP contribution >= 0.6 is 0 Å². The number of amides is 3. The van der Waals surface area contributed by atoms with Crippen LogP contribution in [0.5, 0.6) is 0 Å². The summed E-state index contributed by atoms with van der Waals surface area (Å²) >= 11 is 0. The second-order valence-corrected chi connectivity index (χ2v) is 8.83.